The third-order valence-corrected chi connectivity index (χ3v) is 5.19. The van der Waals surface area contributed by atoms with Gasteiger partial charge in [0.2, 0.25) is 0 Å². The number of nitrogens with one attached hydrogen (secondary N) is 1. The van der Waals surface area contributed by atoms with E-state index in [2.05, 4.69) is 31.0 Å². The molecule has 20 heavy (non-hydrogen) atoms. The van der Waals surface area contributed by atoms with Crippen LogP contribution in [0.25, 0.3) is 0 Å². The van der Waals surface area contributed by atoms with E-state index < -0.39 is 0 Å². The fourth-order valence-electron chi connectivity index (χ4n) is 3.70. The highest BCUT2D eigenvalue weighted by Crippen LogP contribution is 2.22. The van der Waals surface area contributed by atoms with Crippen LogP contribution in [0.1, 0.15) is 59.3 Å². The van der Waals surface area contributed by atoms with Crippen molar-refractivity contribution < 1.29 is 4.74 Å². The summed E-state index contributed by atoms with van der Waals surface area (Å²) in [6, 6.07) is 1.38. The van der Waals surface area contributed by atoms with Gasteiger partial charge < -0.3 is 10.1 Å². The van der Waals surface area contributed by atoms with Gasteiger partial charge in [0.1, 0.15) is 0 Å². The Hall–Kier alpha value is -0.120. The SMILES string of the molecule is CCCC1CN(CC2CCCCO2)C(C(C)CC)CN1. The van der Waals surface area contributed by atoms with Gasteiger partial charge in [-0.1, -0.05) is 33.6 Å². The number of ether oxygens (including phenoxy) is 1. The van der Waals surface area contributed by atoms with Crippen LogP contribution in [0.2, 0.25) is 0 Å². The Morgan fingerprint density at radius 3 is 2.80 bits per heavy atom. The van der Waals surface area contributed by atoms with Crippen LogP contribution < -0.4 is 5.32 Å². The fourth-order valence-corrected chi connectivity index (χ4v) is 3.70. The van der Waals surface area contributed by atoms with E-state index in [-0.39, 0.29) is 0 Å². The molecule has 3 heteroatoms. The molecule has 0 aromatic carbocycles. The maximum atomic E-state index is 5.98. The summed E-state index contributed by atoms with van der Waals surface area (Å²) in [6.45, 7) is 11.5. The molecule has 118 valence electrons. The molecule has 0 bridgehead atoms. The highest BCUT2D eigenvalue weighted by molar-refractivity contribution is 4.89. The van der Waals surface area contributed by atoms with Crippen LogP contribution in [-0.2, 0) is 4.74 Å². The zero-order valence-corrected chi connectivity index (χ0v) is 13.7. The molecule has 4 atom stereocenters. The van der Waals surface area contributed by atoms with Gasteiger partial charge in [0.15, 0.2) is 0 Å². The Balaban J connectivity index is 1.93. The molecule has 0 aliphatic carbocycles. The Morgan fingerprint density at radius 2 is 2.15 bits per heavy atom. The van der Waals surface area contributed by atoms with Gasteiger partial charge in [0.25, 0.3) is 0 Å². The van der Waals surface area contributed by atoms with Crippen LogP contribution in [0.4, 0.5) is 0 Å². The van der Waals surface area contributed by atoms with E-state index in [9.17, 15) is 0 Å². The molecule has 0 radical (unpaired) electrons. The molecule has 0 aromatic heterocycles. The van der Waals surface area contributed by atoms with Gasteiger partial charge in [-0.15, -0.1) is 0 Å². The Bertz CT molecular complexity index is 266. The lowest BCUT2D eigenvalue weighted by Crippen LogP contribution is -2.60. The first-order valence-corrected chi connectivity index (χ1v) is 8.83. The quantitative estimate of drug-likeness (QED) is 0.810. The largest absolute Gasteiger partial charge is 0.377 e. The first-order chi connectivity index (χ1) is 9.74. The molecule has 2 aliphatic heterocycles. The van der Waals surface area contributed by atoms with Crippen molar-refractivity contribution in [2.24, 2.45) is 5.92 Å². The molecule has 0 amide bonds. The Labute approximate surface area is 125 Å². The molecular weight excluding hydrogens is 248 g/mol. The summed E-state index contributed by atoms with van der Waals surface area (Å²) in [5, 5.41) is 3.77. The molecule has 2 rings (SSSR count). The summed E-state index contributed by atoms with van der Waals surface area (Å²) >= 11 is 0. The number of hydrogen-bond donors (Lipinski definition) is 1. The monoisotopic (exact) mass is 282 g/mol. The lowest BCUT2D eigenvalue weighted by Gasteiger charge is -2.44. The van der Waals surface area contributed by atoms with E-state index in [1.165, 1.54) is 45.1 Å². The Morgan fingerprint density at radius 1 is 1.30 bits per heavy atom. The van der Waals surface area contributed by atoms with Gasteiger partial charge in [0.05, 0.1) is 6.10 Å². The minimum Gasteiger partial charge on any atom is -0.377 e. The second-order valence-corrected chi connectivity index (χ2v) is 6.79. The highest BCUT2D eigenvalue weighted by atomic mass is 16.5. The van der Waals surface area contributed by atoms with Crippen molar-refractivity contribution in [3.63, 3.8) is 0 Å². The minimum atomic E-state index is 0.482. The summed E-state index contributed by atoms with van der Waals surface area (Å²) in [5.74, 6) is 0.772. The molecule has 2 aliphatic rings. The lowest BCUT2D eigenvalue weighted by atomic mass is 9.93. The average molecular weight is 282 g/mol. The van der Waals surface area contributed by atoms with Crippen molar-refractivity contribution in [2.75, 3.05) is 26.2 Å². The number of hydrogen-bond acceptors (Lipinski definition) is 3. The van der Waals surface area contributed by atoms with Crippen molar-refractivity contribution in [1.82, 2.24) is 10.2 Å². The summed E-state index contributed by atoms with van der Waals surface area (Å²) < 4.78 is 5.98. The van der Waals surface area contributed by atoms with E-state index in [0.29, 0.717) is 18.2 Å². The van der Waals surface area contributed by atoms with Crippen molar-refractivity contribution >= 4 is 0 Å². The summed E-state index contributed by atoms with van der Waals surface area (Å²) in [4.78, 5) is 2.74. The van der Waals surface area contributed by atoms with Crippen LogP contribution in [-0.4, -0.2) is 49.3 Å². The van der Waals surface area contributed by atoms with Gasteiger partial charge in [-0.3, -0.25) is 4.90 Å². The second-order valence-electron chi connectivity index (χ2n) is 6.79. The lowest BCUT2D eigenvalue weighted by molar-refractivity contribution is -0.0284. The third kappa shape index (κ3) is 4.44. The van der Waals surface area contributed by atoms with Crippen molar-refractivity contribution in [1.29, 1.82) is 0 Å². The molecular formula is C17H34N2O. The topological polar surface area (TPSA) is 24.5 Å². The highest BCUT2D eigenvalue weighted by Gasteiger charge is 2.32. The van der Waals surface area contributed by atoms with Crippen molar-refractivity contribution in [2.45, 2.75) is 77.5 Å². The molecule has 2 fully saturated rings. The fraction of sp³-hybridized carbons (Fsp3) is 1.00. The average Bonchev–Trinajstić information content (AvgIpc) is 2.48. The molecule has 0 saturated carbocycles. The zero-order chi connectivity index (χ0) is 14.4. The summed E-state index contributed by atoms with van der Waals surface area (Å²) in [5.41, 5.74) is 0. The maximum Gasteiger partial charge on any atom is 0.0702 e. The predicted octanol–water partition coefficient (Wildman–Crippen LogP) is 3.04. The van der Waals surface area contributed by atoms with E-state index in [1.54, 1.807) is 0 Å². The molecule has 0 aromatic rings. The second kappa shape index (κ2) is 8.35. The van der Waals surface area contributed by atoms with Crippen LogP contribution in [0, 0.1) is 5.92 Å². The van der Waals surface area contributed by atoms with Crippen LogP contribution in [0.5, 0.6) is 0 Å². The van der Waals surface area contributed by atoms with Gasteiger partial charge in [-0.2, -0.15) is 0 Å². The third-order valence-electron chi connectivity index (χ3n) is 5.19. The maximum absolute atomic E-state index is 5.98. The molecule has 0 spiro atoms. The van der Waals surface area contributed by atoms with Gasteiger partial charge in [-0.25, -0.2) is 0 Å². The molecule has 2 heterocycles. The van der Waals surface area contributed by atoms with Gasteiger partial charge in [0, 0.05) is 38.3 Å². The van der Waals surface area contributed by atoms with Crippen LogP contribution >= 0.6 is 0 Å². The molecule has 3 nitrogen and oxygen atoms in total. The minimum absolute atomic E-state index is 0.482. The van der Waals surface area contributed by atoms with E-state index in [4.69, 9.17) is 4.74 Å². The number of piperazine rings is 1. The smallest absolute Gasteiger partial charge is 0.0702 e. The Kier molecular flexibility index (Phi) is 6.79. The number of rotatable bonds is 6. The summed E-state index contributed by atoms with van der Waals surface area (Å²) in [6.07, 6.45) is 8.20. The number of nitrogens with zero attached hydrogens (tertiary/aromatic N) is 1. The first-order valence-electron chi connectivity index (χ1n) is 8.83. The molecule has 2 saturated heterocycles. The normalized spacial score (nSPS) is 34.0. The standard InChI is InChI=1S/C17H34N2O/c1-4-8-15-12-19(13-16-9-6-7-10-20-16)17(11-18-15)14(3)5-2/h14-18H,4-13H2,1-3H3. The van der Waals surface area contributed by atoms with E-state index in [0.717, 1.165) is 25.6 Å². The van der Waals surface area contributed by atoms with Gasteiger partial charge >= 0.3 is 0 Å². The van der Waals surface area contributed by atoms with Crippen molar-refractivity contribution in [3.8, 4) is 0 Å². The first kappa shape index (κ1) is 16.3. The van der Waals surface area contributed by atoms with Gasteiger partial charge in [-0.05, 0) is 31.6 Å². The molecule has 1 N–H and O–H groups in total. The van der Waals surface area contributed by atoms with Crippen LogP contribution in [0.15, 0.2) is 0 Å². The molecule has 4 unspecified atom stereocenters. The van der Waals surface area contributed by atoms with Crippen LogP contribution in [0.3, 0.4) is 0 Å². The summed E-state index contributed by atoms with van der Waals surface area (Å²) in [7, 11) is 0. The van der Waals surface area contributed by atoms with E-state index in [1.807, 2.05) is 0 Å². The zero-order valence-electron chi connectivity index (χ0n) is 13.7. The van der Waals surface area contributed by atoms with E-state index >= 15 is 0 Å². The van der Waals surface area contributed by atoms with Crippen molar-refractivity contribution in [3.05, 3.63) is 0 Å². The predicted molar refractivity (Wildman–Crippen MR) is 85.1 cm³/mol.